The smallest absolute Gasteiger partial charge is 0.191 e. The third kappa shape index (κ3) is 4.13. The highest BCUT2D eigenvalue weighted by molar-refractivity contribution is 5.80. The Kier molecular flexibility index (Phi) is 6.61. The zero-order valence-corrected chi connectivity index (χ0v) is 16.4. The standard InChI is InChI=1S/C20H37N3O2/c1-4-21-19(22-11-7-12-24-14-15(2)3)23-17-16-8-13-25-18(16)20(17)9-5-6-10-20/h15-18H,4-14H2,1-3H3,(H2,21,22,23). The van der Waals surface area contributed by atoms with Crippen molar-refractivity contribution in [2.24, 2.45) is 22.2 Å². The van der Waals surface area contributed by atoms with Gasteiger partial charge in [0, 0.05) is 50.3 Å². The third-order valence-electron chi connectivity index (χ3n) is 6.09. The molecule has 0 radical (unpaired) electrons. The average Bonchev–Trinajstić information content (AvgIpc) is 3.23. The molecule has 3 unspecified atom stereocenters. The first-order chi connectivity index (χ1) is 12.2. The van der Waals surface area contributed by atoms with Crippen LogP contribution < -0.4 is 10.6 Å². The van der Waals surface area contributed by atoms with Crippen LogP contribution >= 0.6 is 0 Å². The molecular weight excluding hydrogens is 314 g/mol. The third-order valence-corrected chi connectivity index (χ3v) is 6.09. The van der Waals surface area contributed by atoms with E-state index in [0.29, 0.717) is 29.4 Å². The van der Waals surface area contributed by atoms with E-state index in [2.05, 4.69) is 31.4 Å². The summed E-state index contributed by atoms with van der Waals surface area (Å²) in [5.41, 5.74) is 0.373. The van der Waals surface area contributed by atoms with Crippen molar-refractivity contribution in [2.75, 3.05) is 32.9 Å². The average molecular weight is 352 g/mol. The quantitative estimate of drug-likeness (QED) is 0.401. The molecule has 3 fully saturated rings. The predicted octanol–water partition coefficient (Wildman–Crippen LogP) is 2.95. The maximum absolute atomic E-state index is 6.09. The van der Waals surface area contributed by atoms with Crippen LogP contribution in [0.4, 0.5) is 0 Å². The summed E-state index contributed by atoms with van der Waals surface area (Å²) in [6.45, 7) is 10.8. The molecule has 0 bridgehead atoms. The molecule has 5 heteroatoms. The molecule has 1 heterocycles. The molecule has 0 aromatic heterocycles. The summed E-state index contributed by atoms with van der Waals surface area (Å²) >= 11 is 0. The lowest BCUT2D eigenvalue weighted by atomic mass is 9.54. The molecule has 0 aromatic rings. The number of aliphatic imine (C=N–C) groups is 1. The summed E-state index contributed by atoms with van der Waals surface area (Å²) in [5, 5.41) is 7.22. The second-order valence-corrected chi connectivity index (χ2v) is 8.39. The summed E-state index contributed by atoms with van der Waals surface area (Å²) in [6.07, 6.45) is 8.01. The van der Waals surface area contributed by atoms with Crippen molar-refractivity contribution in [1.29, 1.82) is 0 Å². The number of guanidine groups is 1. The highest BCUT2D eigenvalue weighted by atomic mass is 16.5. The van der Waals surface area contributed by atoms with Gasteiger partial charge in [0.15, 0.2) is 5.96 Å². The molecule has 3 rings (SSSR count). The zero-order valence-electron chi connectivity index (χ0n) is 16.4. The van der Waals surface area contributed by atoms with Gasteiger partial charge >= 0.3 is 0 Å². The van der Waals surface area contributed by atoms with Gasteiger partial charge in [0.05, 0.1) is 6.10 Å². The van der Waals surface area contributed by atoms with Gasteiger partial charge in [-0.2, -0.15) is 0 Å². The minimum absolute atomic E-state index is 0.373. The van der Waals surface area contributed by atoms with Crippen LogP contribution in [0.5, 0.6) is 0 Å². The Morgan fingerprint density at radius 1 is 1.32 bits per heavy atom. The number of hydrogen-bond acceptors (Lipinski definition) is 3. The monoisotopic (exact) mass is 351 g/mol. The lowest BCUT2D eigenvalue weighted by Gasteiger charge is -2.57. The van der Waals surface area contributed by atoms with Gasteiger partial charge in [0.1, 0.15) is 0 Å². The van der Waals surface area contributed by atoms with E-state index in [9.17, 15) is 0 Å². The number of ether oxygens (including phenoxy) is 2. The van der Waals surface area contributed by atoms with Gasteiger partial charge in [0.2, 0.25) is 0 Å². The highest BCUT2D eigenvalue weighted by Gasteiger charge is 2.65. The molecule has 2 N–H and O–H groups in total. The van der Waals surface area contributed by atoms with Crippen LogP contribution in [-0.2, 0) is 9.47 Å². The van der Waals surface area contributed by atoms with Gasteiger partial charge < -0.3 is 20.1 Å². The van der Waals surface area contributed by atoms with Crippen molar-refractivity contribution in [3.63, 3.8) is 0 Å². The minimum atomic E-state index is 0.373. The van der Waals surface area contributed by atoms with Crippen molar-refractivity contribution in [3.8, 4) is 0 Å². The van der Waals surface area contributed by atoms with E-state index < -0.39 is 0 Å². The lowest BCUT2D eigenvalue weighted by Crippen LogP contribution is -2.69. The number of rotatable bonds is 8. The Labute approximate surface area is 153 Å². The van der Waals surface area contributed by atoms with Gasteiger partial charge in [-0.1, -0.05) is 26.7 Å². The van der Waals surface area contributed by atoms with Gasteiger partial charge in [-0.05, 0) is 38.5 Å². The van der Waals surface area contributed by atoms with Crippen LogP contribution in [0.1, 0.15) is 59.3 Å². The second kappa shape index (κ2) is 8.72. The van der Waals surface area contributed by atoms with E-state index in [1.165, 1.54) is 32.1 Å². The number of hydrogen-bond donors (Lipinski definition) is 2. The van der Waals surface area contributed by atoms with Crippen molar-refractivity contribution < 1.29 is 9.47 Å². The number of nitrogens with zero attached hydrogens (tertiary/aromatic N) is 1. The van der Waals surface area contributed by atoms with E-state index >= 15 is 0 Å². The summed E-state index contributed by atoms with van der Waals surface area (Å²) in [6, 6.07) is 0.539. The molecule has 5 nitrogen and oxygen atoms in total. The molecule has 0 aromatic carbocycles. The topological polar surface area (TPSA) is 54.9 Å². The van der Waals surface area contributed by atoms with Gasteiger partial charge in [-0.15, -0.1) is 0 Å². The van der Waals surface area contributed by atoms with Crippen molar-refractivity contribution >= 4 is 5.96 Å². The molecule has 25 heavy (non-hydrogen) atoms. The molecule has 2 saturated carbocycles. The normalized spacial score (nSPS) is 30.6. The zero-order chi connectivity index (χ0) is 17.7. The molecular formula is C20H37N3O2. The maximum atomic E-state index is 6.09. The molecule has 0 amide bonds. The molecule has 1 aliphatic heterocycles. The molecule has 1 spiro atoms. The molecule has 3 atom stereocenters. The van der Waals surface area contributed by atoms with E-state index in [1.54, 1.807) is 0 Å². The maximum Gasteiger partial charge on any atom is 0.191 e. The van der Waals surface area contributed by atoms with Gasteiger partial charge in [0.25, 0.3) is 0 Å². The second-order valence-electron chi connectivity index (χ2n) is 8.39. The Bertz CT molecular complexity index is 446. The minimum Gasteiger partial charge on any atom is -0.381 e. The predicted molar refractivity (Wildman–Crippen MR) is 102 cm³/mol. The van der Waals surface area contributed by atoms with Crippen molar-refractivity contribution in [1.82, 2.24) is 10.6 Å². The first kappa shape index (κ1) is 19.0. The molecule has 3 aliphatic rings. The summed E-state index contributed by atoms with van der Waals surface area (Å²) < 4.78 is 11.7. The first-order valence-electron chi connectivity index (χ1n) is 10.4. The van der Waals surface area contributed by atoms with Crippen LogP contribution in [-0.4, -0.2) is 51.0 Å². The van der Waals surface area contributed by atoms with Crippen LogP contribution in [0.2, 0.25) is 0 Å². The van der Waals surface area contributed by atoms with E-state index in [-0.39, 0.29) is 0 Å². The Morgan fingerprint density at radius 2 is 2.12 bits per heavy atom. The first-order valence-corrected chi connectivity index (χ1v) is 10.4. The number of nitrogens with one attached hydrogen (secondary N) is 2. The van der Waals surface area contributed by atoms with E-state index in [0.717, 1.165) is 45.3 Å². The van der Waals surface area contributed by atoms with Crippen molar-refractivity contribution in [2.45, 2.75) is 71.4 Å². The Balaban J connectivity index is 1.51. The van der Waals surface area contributed by atoms with Crippen LogP contribution in [0, 0.1) is 17.3 Å². The summed E-state index contributed by atoms with van der Waals surface area (Å²) in [7, 11) is 0. The van der Waals surface area contributed by atoms with Crippen LogP contribution in [0.3, 0.4) is 0 Å². The largest absolute Gasteiger partial charge is 0.381 e. The molecule has 144 valence electrons. The molecule has 1 saturated heterocycles. The Hall–Kier alpha value is -0.810. The van der Waals surface area contributed by atoms with E-state index in [1.807, 2.05) is 0 Å². The van der Waals surface area contributed by atoms with Crippen molar-refractivity contribution in [3.05, 3.63) is 0 Å². The summed E-state index contributed by atoms with van der Waals surface area (Å²) in [5.74, 6) is 2.26. The summed E-state index contributed by atoms with van der Waals surface area (Å²) in [4.78, 5) is 4.79. The highest BCUT2D eigenvalue weighted by Crippen LogP contribution is 2.60. The fourth-order valence-corrected chi connectivity index (χ4v) is 5.05. The molecule has 2 aliphatic carbocycles. The van der Waals surface area contributed by atoms with Gasteiger partial charge in [-0.25, -0.2) is 0 Å². The van der Waals surface area contributed by atoms with E-state index in [4.69, 9.17) is 14.5 Å². The van der Waals surface area contributed by atoms with Gasteiger partial charge in [-0.3, -0.25) is 4.99 Å². The fraction of sp³-hybridized carbons (Fsp3) is 0.950. The van der Waals surface area contributed by atoms with Crippen LogP contribution in [0.25, 0.3) is 0 Å². The lowest BCUT2D eigenvalue weighted by molar-refractivity contribution is -0.125. The fourth-order valence-electron chi connectivity index (χ4n) is 5.05. The SMILES string of the molecule is CCNC(=NCCCOCC(C)C)NC1C2CCOC2C12CCCC2. The Morgan fingerprint density at radius 3 is 2.84 bits per heavy atom. The van der Waals surface area contributed by atoms with Crippen LogP contribution in [0.15, 0.2) is 4.99 Å². The number of fused-ring (bicyclic) bond motifs is 2.